The first kappa shape index (κ1) is 507. The Bertz CT molecular complexity index is 3.61. The Balaban J connectivity index is 0. The molecule has 0 saturated heterocycles. The molecule has 0 aliphatic carbocycles. The molecule has 5 heteroatoms. The number of hydrogen-bond donors (Lipinski definition) is 0. The molecule has 0 radical (unpaired) electrons. The predicted octanol–water partition coefficient (Wildman–Crippen LogP) is -2.01. The molecule has 0 aliphatic rings. The molecule has 0 unspecified atom stereocenters. The van der Waals surface area contributed by atoms with Gasteiger partial charge in [0.1, 0.15) is 0 Å². The fraction of sp³-hybridized carbons (Fsp3) is 0. The quantitative estimate of drug-likeness (QED) is 0.356. The van der Waals surface area contributed by atoms with E-state index in [9.17, 15) is 0 Å². The molecular formula is H6O4Zn. The Morgan fingerprint density at radius 2 is 0.600 bits per heavy atom. The van der Waals surface area contributed by atoms with Crippen LogP contribution in [0.3, 0.4) is 0 Å². The van der Waals surface area contributed by atoms with Crippen molar-refractivity contribution in [2.45, 2.75) is 0 Å². The van der Waals surface area contributed by atoms with E-state index >= 15 is 0 Å². The standard InChI is InChI=1S/4H2O.Zn/h4*1H2;/q;;;;+2/p-2. The zero-order valence-electron chi connectivity index (χ0n) is 2.60. The van der Waals surface area contributed by atoms with Gasteiger partial charge in [0.25, 0.3) is 0 Å². The van der Waals surface area contributed by atoms with Crippen LogP contribution in [-0.2, 0) is 19.5 Å². The summed E-state index contributed by atoms with van der Waals surface area (Å²) in [5.41, 5.74) is 0. The van der Waals surface area contributed by atoms with Crippen LogP contribution in [0.25, 0.3) is 0 Å². The van der Waals surface area contributed by atoms with Crippen molar-refractivity contribution in [2.24, 2.45) is 0 Å². The van der Waals surface area contributed by atoms with Gasteiger partial charge in [-0.15, -0.1) is 0 Å². The molecule has 0 bridgehead atoms. The normalized spacial score (nSPS) is 0. The first-order valence-electron chi connectivity index (χ1n) is 0. The summed E-state index contributed by atoms with van der Waals surface area (Å²) in [4.78, 5) is 0. The van der Waals surface area contributed by atoms with Crippen LogP contribution < -0.4 is 0 Å². The van der Waals surface area contributed by atoms with E-state index in [0.717, 1.165) is 0 Å². The monoisotopic (exact) mass is 134 g/mol. The summed E-state index contributed by atoms with van der Waals surface area (Å²) in [5, 5.41) is 0. The molecule has 0 rings (SSSR count). The van der Waals surface area contributed by atoms with Crippen LogP contribution in [0.5, 0.6) is 0 Å². The van der Waals surface area contributed by atoms with Gasteiger partial charge < -0.3 is 21.9 Å². The molecule has 6 N–H and O–H groups in total. The summed E-state index contributed by atoms with van der Waals surface area (Å²) >= 11 is 0. The third-order valence-corrected chi connectivity index (χ3v) is 0. The van der Waals surface area contributed by atoms with E-state index in [0.29, 0.717) is 0 Å². The van der Waals surface area contributed by atoms with Gasteiger partial charge in [-0.05, 0) is 0 Å². The van der Waals surface area contributed by atoms with Crippen molar-refractivity contribution in [3.63, 3.8) is 0 Å². The molecule has 0 aromatic carbocycles. The SMILES string of the molecule is O.O.[OH-].[OH-].[Zn+2]. The third-order valence-electron chi connectivity index (χ3n) is 0. The van der Waals surface area contributed by atoms with Gasteiger partial charge in [0.15, 0.2) is 0 Å². The minimum atomic E-state index is 0. The van der Waals surface area contributed by atoms with E-state index in [1.54, 1.807) is 0 Å². The second kappa shape index (κ2) is 249. The van der Waals surface area contributed by atoms with Crippen molar-refractivity contribution < 1.29 is 41.4 Å². The van der Waals surface area contributed by atoms with Crippen LogP contribution in [0, 0.1) is 0 Å². The Morgan fingerprint density at radius 1 is 0.600 bits per heavy atom. The van der Waals surface area contributed by atoms with Crippen molar-refractivity contribution in [1.29, 1.82) is 0 Å². The van der Waals surface area contributed by atoms with E-state index in [1.165, 1.54) is 0 Å². The zero-order chi connectivity index (χ0) is 0. The Kier molecular flexibility index (Phi) is 25300. The van der Waals surface area contributed by atoms with Gasteiger partial charge >= 0.3 is 19.5 Å². The van der Waals surface area contributed by atoms with Gasteiger partial charge in [-0.2, -0.15) is 0 Å². The molecular weight excluding hydrogens is 129 g/mol. The molecule has 5 heavy (non-hydrogen) atoms. The van der Waals surface area contributed by atoms with E-state index < -0.39 is 0 Å². The predicted molar refractivity (Wildman–Crippen MR) is 11.1 cm³/mol. The van der Waals surface area contributed by atoms with Crippen molar-refractivity contribution in [3.8, 4) is 0 Å². The Labute approximate surface area is 42.2 Å². The van der Waals surface area contributed by atoms with Crippen molar-refractivity contribution >= 4 is 0 Å². The van der Waals surface area contributed by atoms with Gasteiger partial charge in [-0.3, -0.25) is 0 Å². The van der Waals surface area contributed by atoms with Crippen LogP contribution in [0.4, 0.5) is 0 Å². The minimum Gasteiger partial charge on any atom is -0.870 e. The second-order valence-corrected chi connectivity index (χ2v) is 0. The molecule has 0 saturated carbocycles. The molecule has 0 heterocycles. The summed E-state index contributed by atoms with van der Waals surface area (Å²) in [7, 11) is 0. The maximum absolute atomic E-state index is 0. The van der Waals surface area contributed by atoms with Crippen molar-refractivity contribution in [2.75, 3.05) is 0 Å². The number of rotatable bonds is 0. The fourth-order valence-corrected chi connectivity index (χ4v) is 0. The molecule has 32 valence electrons. The van der Waals surface area contributed by atoms with Crippen LogP contribution >= 0.6 is 0 Å². The van der Waals surface area contributed by atoms with Gasteiger partial charge in [0, 0.05) is 0 Å². The van der Waals surface area contributed by atoms with Gasteiger partial charge in [0.2, 0.25) is 0 Å². The van der Waals surface area contributed by atoms with Crippen LogP contribution in [0.1, 0.15) is 0 Å². The van der Waals surface area contributed by atoms with Gasteiger partial charge in [-0.1, -0.05) is 0 Å². The summed E-state index contributed by atoms with van der Waals surface area (Å²) in [5.74, 6) is 0. The molecule has 0 amide bonds. The van der Waals surface area contributed by atoms with E-state index in [4.69, 9.17) is 0 Å². The molecule has 0 aromatic rings. The van der Waals surface area contributed by atoms with E-state index in [2.05, 4.69) is 0 Å². The van der Waals surface area contributed by atoms with Crippen LogP contribution in [0.15, 0.2) is 0 Å². The maximum Gasteiger partial charge on any atom is 2.00 e. The van der Waals surface area contributed by atoms with Gasteiger partial charge in [-0.25, -0.2) is 0 Å². The average molecular weight is 135 g/mol. The Morgan fingerprint density at radius 3 is 0.600 bits per heavy atom. The molecule has 0 aromatic heterocycles. The van der Waals surface area contributed by atoms with E-state index in [1.807, 2.05) is 0 Å². The van der Waals surface area contributed by atoms with Crippen LogP contribution in [-0.4, -0.2) is 21.9 Å². The maximum atomic E-state index is 0. The van der Waals surface area contributed by atoms with Gasteiger partial charge in [0.05, 0.1) is 0 Å². The fourth-order valence-electron chi connectivity index (χ4n) is 0. The molecule has 0 aliphatic heterocycles. The molecule has 4 nitrogen and oxygen atoms in total. The Hall–Kier alpha value is 0.463. The average Bonchev–Trinajstić information content (AvgIpc) is 0. The second-order valence-electron chi connectivity index (χ2n) is 0. The zero-order valence-corrected chi connectivity index (χ0v) is 5.57. The summed E-state index contributed by atoms with van der Waals surface area (Å²) in [6.07, 6.45) is 0. The molecule has 0 atom stereocenters. The van der Waals surface area contributed by atoms with Crippen LogP contribution in [0.2, 0.25) is 0 Å². The molecule has 0 fully saturated rings. The topological polar surface area (TPSA) is 123 Å². The smallest absolute Gasteiger partial charge is 0.870 e. The van der Waals surface area contributed by atoms with Crippen molar-refractivity contribution in [3.05, 3.63) is 0 Å². The third kappa shape index (κ3) is 126. The largest absolute Gasteiger partial charge is 2.00 e. The van der Waals surface area contributed by atoms with Crippen molar-refractivity contribution in [1.82, 2.24) is 0 Å². The first-order valence-corrected chi connectivity index (χ1v) is 0. The minimum absolute atomic E-state index is 0. The summed E-state index contributed by atoms with van der Waals surface area (Å²) in [6, 6.07) is 0. The summed E-state index contributed by atoms with van der Waals surface area (Å²) in [6.45, 7) is 0. The summed E-state index contributed by atoms with van der Waals surface area (Å²) < 4.78 is 0. The molecule has 0 spiro atoms. The first-order chi connectivity index (χ1) is 0. The van der Waals surface area contributed by atoms with E-state index in [-0.39, 0.29) is 41.4 Å². The number of hydrogen-bond acceptors (Lipinski definition) is 2.